The Hall–Kier alpha value is -2.21. The highest BCUT2D eigenvalue weighted by atomic mass is 16.1. The zero-order valence-corrected chi connectivity index (χ0v) is 13.0. The monoisotopic (exact) mass is 311 g/mol. The van der Waals surface area contributed by atoms with Gasteiger partial charge in [0.2, 0.25) is 0 Å². The van der Waals surface area contributed by atoms with Gasteiger partial charge in [-0.1, -0.05) is 12.1 Å². The molecule has 0 bridgehead atoms. The van der Waals surface area contributed by atoms with E-state index in [0.29, 0.717) is 29.8 Å². The lowest BCUT2D eigenvalue weighted by atomic mass is 10.1. The first-order valence-corrected chi connectivity index (χ1v) is 8.27. The number of hydrogen-bond acceptors (Lipinski definition) is 4. The van der Waals surface area contributed by atoms with Gasteiger partial charge in [-0.2, -0.15) is 5.10 Å². The highest BCUT2D eigenvalue weighted by Gasteiger charge is 2.28. The van der Waals surface area contributed by atoms with Crippen LogP contribution >= 0.6 is 0 Å². The number of aromatic amines is 1. The van der Waals surface area contributed by atoms with Crippen LogP contribution in [0.25, 0.3) is 11.4 Å². The van der Waals surface area contributed by atoms with Crippen molar-refractivity contribution in [3.8, 4) is 11.4 Å². The van der Waals surface area contributed by atoms with Crippen molar-refractivity contribution in [3.63, 3.8) is 0 Å². The normalized spacial score (nSPS) is 18.7. The van der Waals surface area contributed by atoms with Crippen molar-refractivity contribution in [2.24, 2.45) is 11.7 Å². The molecular weight excluding hydrogens is 290 g/mol. The molecule has 120 valence electrons. The summed E-state index contributed by atoms with van der Waals surface area (Å²) < 4.78 is 0. The third-order valence-corrected chi connectivity index (χ3v) is 4.60. The summed E-state index contributed by atoms with van der Waals surface area (Å²) in [5.74, 6) is 2.72. The van der Waals surface area contributed by atoms with Gasteiger partial charge in [-0.3, -0.25) is 9.89 Å². The highest BCUT2D eigenvalue weighted by molar-refractivity contribution is 5.94. The first-order valence-electron chi connectivity index (χ1n) is 8.27. The Morgan fingerprint density at radius 2 is 2.00 bits per heavy atom. The van der Waals surface area contributed by atoms with Crippen molar-refractivity contribution in [1.82, 2.24) is 20.5 Å². The molecule has 2 aliphatic rings. The smallest absolute Gasteiger partial charge is 0.251 e. The van der Waals surface area contributed by atoms with Crippen molar-refractivity contribution in [3.05, 3.63) is 35.7 Å². The number of rotatable bonds is 6. The lowest BCUT2D eigenvalue weighted by molar-refractivity contribution is 0.0950. The SMILES string of the molecule is NC(CNC(=O)c1ccc(-c2n[nH]c(C3CC3)n2)cc1)C1CC1. The molecule has 0 saturated heterocycles. The van der Waals surface area contributed by atoms with E-state index >= 15 is 0 Å². The number of aromatic nitrogens is 3. The summed E-state index contributed by atoms with van der Waals surface area (Å²) >= 11 is 0. The van der Waals surface area contributed by atoms with E-state index in [1.54, 1.807) is 12.1 Å². The van der Waals surface area contributed by atoms with E-state index in [2.05, 4.69) is 20.5 Å². The van der Waals surface area contributed by atoms with Crippen molar-refractivity contribution >= 4 is 5.91 Å². The summed E-state index contributed by atoms with van der Waals surface area (Å²) in [6.07, 6.45) is 4.75. The second-order valence-corrected chi connectivity index (χ2v) is 6.61. The number of benzene rings is 1. The molecule has 1 aromatic carbocycles. The van der Waals surface area contributed by atoms with Crippen LogP contribution in [0, 0.1) is 5.92 Å². The average Bonchev–Trinajstić information content (AvgIpc) is 3.51. The quantitative estimate of drug-likeness (QED) is 0.758. The molecule has 2 fully saturated rings. The van der Waals surface area contributed by atoms with Gasteiger partial charge in [0.15, 0.2) is 5.82 Å². The molecule has 2 saturated carbocycles. The molecule has 1 aromatic heterocycles. The Kier molecular flexibility index (Phi) is 3.61. The van der Waals surface area contributed by atoms with Crippen LogP contribution in [-0.4, -0.2) is 33.7 Å². The summed E-state index contributed by atoms with van der Waals surface area (Å²) in [5, 5.41) is 10.2. The Balaban J connectivity index is 1.39. The number of amides is 1. The zero-order chi connectivity index (χ0) is 15.8. The number of H-pyrrole nitrogens is 1. The van der Waals surface area contributed by atoms with Crippen LogP contribution in [0.15, 0.2) is 24.3 Å². The topological polar surface area (TPSA) is 96.7 Å². The Morgan fingerprint density at radius 1 is 1.26 bits per heavy atom. The van der Waals surface area contributed by atoms with Crippen molar-refractivity contribution < 1.29 is 4.79 Å². The van der Waals surface area contributed by atoms with Gasteiger partial charge in [-0.15, -0.1) is 0 Å². The number of nitrogens with two attached hydrogens (primary N) is 1. The molecule has 23 heavy (non-hydrogen) atoms. The zero-order valence-electron chi connectivity index (χ0n) is 13.0. The van der Waals surface area contributed by atoms with E-state index in [1.165, 1.54) is 25.7 Å². The van der Waals surface area contributed by atoms with Crippen LogP contribution in [-0.2, 0) is 0 Å². The Morgan fingerprint density at radius 3 is 2.65 bits per heavy atom. The van der Waals surface area contributed by atoms with E-state index in [0.717, 1.165) is 11.4 Å². The highest BCUT2D eigenvalue weighted by Crippen LogP contribution is 2.38. The van der Waals surface area contributed by atoms with Gasteiger partial charge >= 0.3 is 0 Å². The Bertz CT molecular complexity index is 700. The second kappa shape index (κ2) is 5.77. The maximum Gasteiger partial charge on any atom is 0.251 e. The fraction of sp³-hybridized carbons (Fsp3) is 0.471. The first kappa shape index (κ1) is 14.4. The van der Waals surface area contributed by atoms with E-state index in [4.69, 9.17) is 5.73 Å². The molecule has 1 atom stereocenters. The molecule has 4 rings (SSSR count). The predicted octanol–water partition coefficient (Wildman–Crippen LogP) is 1.82. The minimum atomic E-state index is -0.0821. The molecule has 2 aromatic rings. The molecule has 4 N–H and O–H groups in total. The summed E-state index contributed by atoms with van der Waals surface area (Å²) in [5.41, 5.74) is 7.55. The molecule has 0 spiro atoms. The van der Waals surface area contributed by atoms with Gasteiger partial charge in [0, 0.05) is 29.6 Å². The van der Waals surface area contributed by atoms with Gasteiger partial charge in [-0.25, -0.2) is 4.98 Å². The number of hydrogen-bond donors (Lipinski definition) is 3. The number of nitrogens with one attached hydrogen (secondary N) is 2. The first-order chi connectivity index (χ1) is 11.2. The van der Waals surface area contributed by atoms with Gasteiger partial charge in [0.25, 0.3) is 5.91 Å². The standard InChI is InChI=1S/C17H21N5O/c18-14(10-1-2-10)9-19-17(23)13-7-5-12(6-8-13)16-20-15(21-22-16)11-3-4-11/h5-8,10-11,14H,1-4,9,18H2,(H,19,23)(H,20,21,22). The minimum Gasteiger partial charge on any atom is -0.350 e. The average molecular weight is 311 g/mol. The molecule has 1 amide bonds. The summed E-state index contributed by atoms with van der Waals surface area (Å²) in [6.45, 7) is 0.539. The maximum absolute atomic E-state index is 12.1. The third kappa shape index (κ3) is 3.27. The molecule has 6 nitrogen and oxygen atoms in total. The lowest BCUT2D eigenvalue weighted by Gasteiger charge is -2.11. The lowest BCUT2D eigenvalue weighted by Crippen LogP contribution is -2.38. The number of nitrogens with zero attached hydrogens (tertiary/aromatic N) is 2. The van der Waals surface area contributed by atoms with Crippen LogP contribution in [0.2, 0.25) is 0 Å². The van der Waals surface area contributed by atoms with Gasteiger partial charge < -0.3 is 11.1 Å². The van der Waals surface area contributed by atoms with Gasteiger partial charge in [0.1, 0.15) is 5.82 Å². The van der Waals surface area contributed by atoms with Gasteiger partial charge in [-0.05, 0) is 43.7 Å². The maximum atomic E-state index is 12.1. The van der Waals surface area contributed by atoms with Gasteiger partial charge in [0.05, 0.1) is 0 Å². The number of carbonyl (C=O) groups excluding carboxylic acids is 1. The summed E-state index contributed by atoms with van der Waals surface area (Å²) in [4.78, 5) is 16.7. The van der Waals surface area contributed by atoms with Crippen LogP contribution in [0.4, 0.5) is 0 Å². The molecule has 2 aliphatic carbocycles. The van der Waals surface area contributed by atoms with Crippen LogP contribution in [0.5, 0.6) is 0 Å². The van der Waals surface area contributed by atoms with E-state index in [9.17, 15) is 4.79 Å². The van der Waals surface area contributed by atoms with Crippen molar-refractivity contribution in [1.29, 1.82) is 0 Å². The summed E-state index contributed by atoms with van der Waals surface area (Å²) in [6, 6.07) is 7.46. The molecule has 6 heteroatoms. The largest absolute Gasteiger partial charge is 0.350 e. The molecule has 0 radical (unpaired) electrons. The molecular formula is C17H21N5O. The van der Waals surface area contributed by atoms with E-state index in [1.807, 2.05) is 12.1 Å². The third-order valence-electron chi connectivity index (χ3n) is 4.60. The fourth-order valence-electron chi connectivity index (χ4n) is 2.72. The van der Waals surface area contributed by atoms with Crippen molar-refractivity contribution in [2.75, 3.05) is 6.54 Å². The fourth-order valence-corrected chi connectivity index (χ4v) is 2.72. The second-order valence-electron chi connectivity index (χ2n) is 6.61. The van der Waals surface area contributed by atoms with Crippen molar-refractivity contribution in [2.45, 2.75) is 37.6 Å². The number of carbonyl (C=O) groups is 1. The summed E-state index contributed by atoms with van der Waals surface area (Å²) in [7, 11) is 0. The Labute approximate surface area is 134 Å². The molecule has 1 heterocycles. The van der Waals surface area contributed by atoms with Crippen LogP contribution < -0.4 is 11.1 Å². The van der Waals surface area contributed by atoms with Crippen LogP contribution in [0.1, 0.15) is 47.8 Å². The van der Waals surface area contributed by atoms with Crippen LogP contribution in [0.3, 0.4) is 0 Å². The van der Waals surface area contributed by atoms with E-state index in [-0.39, 0.29) is 11.9 Å². The molecule has 1 unspecified atom stereocenters. The molecule has 0 aliphatic heterocycles. The minimum absolute atomic E-state index is 0.0762. The predicted molar refractivity (Wildman–Crippen MR) is 86.8 cm³/mol. The van der Waals surface area contributed by atoms with E-state index < -0.39 is 0 Å².